The Morgan fingerprint density at radius 3 is 2.65 bits per heavy atom. The maximum Gasteiger partial charge on any atom is 0.255 e. The summed E-state index contributed by atoms with van der Waals surface area (Å²) in [5, 5.41) is 3.47. The summed E-state index contributed by atoms with van der Waals surface area (Å²) in [7, 11) is 1.53. The Morgan fingerprint density at radius 1 is 1.47 bits per heavy atom. The van der Waals surface area contributed by atoms with Crippen LogP contribution in [-0.4, -0.2) is 18.6 Å². The first-order chi connectivity index (χ1) is 7.89. The Kier molecular flexibility index (Phi) is 4.40. The van der Waals surface area contributed by atoms with E-state index in [-0.39, 0.29) is 11.4 Å². The van der Waals surface area contributed by atoms with Crippen molar-refractivity contribution in [2.45, 2.75) is 32.7 Å². The number of hydrogen-bond donors (Lipinski definition) is 1. The number of benzene rings is 1. The van der Waals surface area contributed by atoms with Crippen molar-refractivity contribution in [3.05, 3.63) is 28.8 Å². The number of amides is 1. The Hall–Kier alpha value is -1.22. The average Bonchev–Trinajstić information content (AvgIpc) is 2.28. The van der Waals surface area contributed by atoms with Crippen LogP contribution in [0.5, 0.6) is 5.75 Å². The van der Waals surface area contributed by atoms with Crippen molar-refractivity contribution >= 4 is 17.5 Å². The van der Waals surface area contributed by atoms with Gasteiger partial charge in [0.05, 0.1) is 12.7 Å². The zero-order valence-corrected chi connectivity index (χ0v) is 11.4. The van der Waals surface area contributed by atoms with Gasteiger partial charge in [-0.2, -0.15) is 0 Å². The number of ether oxygens (including phenoxy) is 1. The van der Waals surface area contributed by atoms with Gasteiger partial charge < -0.3 is 10.1 Å². The molecule has 1 rings (SSSR count). The molecule has 0 radical (unpaired) electrons. The second kappa shape index (κ2) is 5.41. The minimum Gasteiger partial charge on any atom is -0.496 e. The van der Waals surface area contributed by atoms with Crippen LogP contribution in [0.4, 0.5) is 0 Å². The molecular formula is C13H18ClNO2. The van der Waals surface area contributed by atoms with Crippen molar-refractivity contribution in [1.29, 1.82) is 0 Å². The van der Waals surface area contributed by atoms with Crippen molar-refractivity contribution in [3.63, 3.8) is 0 Å². The second-order valence-corrected chi connectivity index (χ2v) is 4.97. The number of carbonyl (C=O) groups excluding carboxylic acids is 1. The number of halogens is 1. The lowest BCUT2D eigenvalue weighted by atomic mass is 10.0. The molecular weight excluding hydrogens is 238 g/mol. The van der Waals surface area contributed by atoms with Crippen molar-refractivity contribution in [1.82, 2.24) is 5.32 Å². The van der Waals surface area contributed by atoms with E-state index in [1.54, 1.807) is 18.2 Å². The molecule has 0 aliphatic carbocycles. The van der Waals surface area contributed by atoms with Gasteiger partial charge in [-0.25, -0.2) is 0 Å². The van der Waals surface area contributed by atoms with E-state index in [9.17, 15) is 4.79 Å². The van der Waals surface area contributed by atoms with Gasteiger partial charge in [0.1, 0.15) is 5.75 Å². The number of methoxy groups -OCH3 is 1. The Bertz CT molecular complexity index is 416. The Balaban J connectivity index is 2.99. The largest absolute Gasteiger partial charge is 0.496 e. The first-order valence-corrected chi connectivity index (χ1v) is 5.93. The summed E-state index contributed by atoms with van der Waals surface area (Å²) in [5.74, 6) is 0.356. The van der Waals surface area contributed by atoms with Gasteiger partial charge in [-0.1, -0.05) is 18.5 Å². The molecule has 1 aromatic rings. The monoisotopic (exact) mass is 255 g/mol. The maximum absolute atomic E-state index is 12.1. The molecule has 3 nitrogen and oxygen atoms in total. The highest BCUT2D eigenvalue weighted by Crippen LogP contribution is 2.23. The molecule has 4 heteroatoms. The van der Waals surface area contributed by atoms with E-state index < -0.39 is 0 Å². The number of rotatable bonds is 4. The van der Waals surface area contributed by atoms with Gasteiger partial charge in [0.15, 0.2) is 0 Å². The second-order valence-electron chi connectivity index (χ2n) is 4.54. The molecule has 0 saturated carbocycles. The van der Waals surface area contributed by atoms with Crippen molar-refractivity contribution in [3.8, 4) is 5.75 Å². The third kappa shape index (κ3) is 3.63. The molecule has 0 spiro atoms. The zero-order chi connectivity index (χ0) is 13.1. The van der Waals surface area contributed by atoms with Gasteiger partial charge in [0, 0.05) is 10.6 Å². The molecule has 0 aliphatic heterocycles. The van der Waals surface area contributed by atoms with Crippen molar-refractivity contribution in [2.24, 2.45) is 0 Å². The third-order valence-electron chi connectivity index (χ3n) is 2.74. The molecule has 0 atom stereocenters. The Labute approximate surface area is 107 Å². The standard InChI is InChI=1S/C13H18ClNO2/c1-5-13(2,3)15-12(16)10-8-9(14)6-7-11(10)17-4/h6-8H,5H2,1-4H3,(H,15,16). The van der Waals surface area contributed by atoms with E-state index in [0.29, 0.717) is 16.3 Å². The van der Waals surface area contributed by atoms with E-state index >= 15 is 0 Å². The van der Waals surface area contributed by atoms with Crippen LogP contribution in [0.1, 0.15) is 37.6 Å². The molecule has 0 heterocycles. The summed E-state index contributed by atoms with van der Waals surface area (Å²) in [5.41, 5.74) is 0.214. The fraction of sp³-hybridized carbons (Fsp3) is 0.462. The molecule has 17 heavy (non-hydrogen) atoms. The molecule has 0 fully saturated rings. The lowest BCUT2D eigenvalue weighted by Gasteiger charge is -2.25. The highest BCUT2D eigenvalue weighted by atomic mass is 35.5. The number of nitrogens with one attached hydrogen (secondary N) is 1. The molecule has 0 aromatic heterocycles. The fourth-order valence-corrected chi connectivity index (χ4v) is 1.49. The van der Waals surface area contributed by atoms with Crippen LogP contribution in [0, 0.1) is 0 Å². The molecule has 1 N–H and O–H groups in total. The van der Waals surface area contributed by atoms with Crippen LogP contribution in [0.3, 0.4) is 0 Å². The lowest BCUT2D eigenvalue weighted by molar-refractivity contribution is 0.0908. The summed E-state index contributed by atoms with van der Waals surface area (Å²) in [6.45, 7) is 5.97. The SMILES string of the molecule is CCC(C)(C)NC(=O)c1cc(Cl)ccc1OC. The molecule has 0 saturated heterocycles. The summed E-state index contributed by atoms with van der Waals surface area (Å²) < 4.78 is 5.15. The molecule has 1 amide bonds. The highest BCUT2D eigenvalue weighted by molar-refractivity contribution is 6.31. The van der Waals surface area contributed by atoms with Gasteiger partial charge in [-0.15, -0.1) is 0 Å². The van der Waals surface area contributed by atoms with E-state index in [0.717, 1.165) is 6.42 Å². The Morgan fingerprint density at radius 2 is 2.12 bits per heavy atom. The lowest BCUT2D eigenvalue weighted by Crippen LogP contribution is -2.42. The highest BCUT2D eigenvalue weighted by Gasteiger charge is 2.21. The van der Waals surface area contributed by atoms with Gasteiger partial charge >= 0.3 is 0 Å². The number of hydrogen-bond acceptors (Lipinski definition) is 2. The summed E-state index contributed by atoms with van der Waals surface area (Å²) in [6.07, 6.45) is 0.849. The van der Waals surface area contributed by atoms with Crippen LogP contribution in [-0.2, 0) is 0 Å². The van der Waals surface area contributed by atoms with E-state index in [1.807, 2.05) is 20.8 Å². The van der Waals surface area contributed by atoms with Gasteiger partial charge in [-0.3, -0.25) is 4.79 Å². The quantitative estimate of drug-likeness (QED) is 0.897. The van der Waals surface area contributed by atoms with Crippen LogP contribution >= 0.6 is 11.6 Å². The first-order valence-electron chi connectivity index (χ1n) is 5.55. The van der Waals surface area contributed by atoms with Crippen LogP contribution in [0.25, 0.3) is 0 Å². The van der Waals surface area contributed by atoms with Crippen LogP contribution in [0.2, 0.25) is 5.02 Å². The predicted octanol–water partition coefficient (Wildman–Crippen LogP) is 3.27. The minimum absolute atomic E-state index is 0.170. The minimum atomic E-state index is -0.246. The average molecular weight is 256 g/mol. The first kappa shape index (κ1) is 13.8. The van der Waals surface area contributed by atoms with Crippen LogP contribution < -0.4 is 10.1 Å². The van der Waals surface area contributed by atoms with Gasteiger partial charge in [0.2, 0.25) is 0 Å². The zero-order valence-electron chi connectivity index (χ0n) is 10.6. The maximum atomic E-state index is 12.1. The smallest absolute Gasteiger partial charge is 0.255 e. The van der Waals surface area contributed by atoms with Gasteiger partial charge in [0.25, 0.3) is 5.91 Å². The normalized spacial score (nSPS) is 11.1. The van der Waals surface area contributed by atoms with E-state index in [2.05, 4.69) is 5.32 Å². The molecule has 1 aromatic carbocycles. The van der Waals surface area contributed by atoms with Crippen molar-refractivity contribution in [2.75, 3.05) is 7.11 Å². The molecule has 0 aliphatic rings. The van der Waals surface area contributed by atoms with E-state index in [1.165, 1.54) is 7.11 Å². The van der Waals surface area contributed by atoms with Crippen molar-refractivity contribution < 1.29 is 9.53 Å². The van der Waals surface area contributed by atoms with E-state index in [4.69, 9.17) is 16.3 Å². The third-order valence-corrected chi connectivity index (χ3v) is 2.98. The predicted molar refractivity (Wildman–Crippen MR) is 69.8 cm³/mol. The molecule has 94 valence electrons. The fourth-order valence-electron chi connectivity index (χ4n) is 1.32. The molecule has 0 unspecified atom stereocenters. The molecule has 0 bridgehead atoms. The summed E-state index contributed by atoms with van der Waals surface area (Å²) in [6, 6.07) is 5.00. The van der Waals surface area contributed by atoms with Crippen LogP contribution in [0.15, 0.2) is 18.2 Å². The number of carbonyl (C=O) groups is 1. The van der Waals surface area contributed by atoms with Gasteiger partial charge in [-0.05, 0) is 38.5 Å². The summed E-state index contributed by atoms with van der Waals surface area (Å²) in [4.78, 5) is 12.1. The summed E-state index contributed by atoms with van der Waals surface area (Å²) >= 11 is 5.89. The topological polar surface area (TPSA) is 38.3 Å².